The van der Waals surface area contributed by atoms with Crippen LogP contribution in [0.4, 0.5) is 0 Å². The van der Waals surface area contributed by atoms with Gasteiger partial charge in [0.05, 0.1) is 0 Å². The van der Waals surface area contributed by atoms with Crippen LogP contribution in [0.2, 0.25) is 0 Å². The molecule has 0 aliphatic carbocycles. The summed E-state index contributed by atoms with van der Waals surface area (Å²) in [6.45, 7) is 2.10. The summed E-state index contributed by atoms with van der Waals surface area (Å²) in [6.07, 6.45) is 5.59. The maximum absolute atomic E-state index is 11.0. The summed E-state index contributed by atoms with van der Waals surface area (Å²) in [5, 5.41) is 0. The fourth-order valence-corrected chi connectivity index (χ4v) is 1.84. The van der Waals surface area contributed by atoms with Gasteiger partial charge in [0.2, 0.25) is 0 Å². The minimum Gasteiger partial charge on any atom is -0.299 e. The molecule has 0 saturated heterocycles. The van der Waals surface area contributed by atoms with E-state index in [-0.39, 0.29) is 11.5 Å². The lowest BCUT2D eigenvalue weighted by molar-refractivity contribution is -0.116. The zero-order valence-corrected chi connectivity index (χ0v) is 9.19. The van der Waals surface area contributed by atoms with Gasteiger partial charge in [0.1, 0.15) is 11.5 Å². The standard InChI is InChI=1S/C9H18O3S/c1-3-4-5-6-7-9(10)8-13(2,11)12/h3-8H2,1-2H3. The Balaban J connectivity index is 3.53. The SMILES string of the molecule is CCCCCCC(=O)CS(C)(=O)=O. The molecule has 0 N–H and O–H groups in total. The van der Waals surface area contributed by atoms with Crippen molar-refractivity contribution in [1.29, 1.82) is 0 Å². The van der Waals surface area contributed by atoms with Crippen molar-refractivity contribution in [2.24, 2.45) is 0 Å². The van der Waals surface area contributed by atoms with Gasteiger partial charge < -0.3 is 0 Å². The largest absolute Gasteiger partial charge is 0.299 e. The van der Waals surface area contributed by atoms with Crippen molar-refractivity contribution in [3.05, 3.63) is 0 Å². The number of carbonyl (C=O) groups is 1. The number of ketones is 1. The quantitative estimate of drug-likeness (QED) is 0.594. The fraction of sp³-hybridized carbons (Fsp3) is 0.889. The van der Waals surface area contributed by atoms with Crippen molar-refractivity contribution in [2.45, 2.75) is 39.0 Å². The minimum absolute atomic E-state index is 0.154. The lowest BCUT2D eigenvalue weighted by Crippen LogP contribution is -2.13. The molecule has 0 radical (unpaired) electrons. The molecule has 0 unspecified atom stereocenters. The van der Waals surface area contributed by atoms with Gasteiger partial charge in [-0.2, -0.15) is 0 Å². The van der Waals surface area contributed by atoms with Crippen molar-refractivity contribution >= 4 is 15.6 Å². The molecule has 0 atom stereocenters. The summed E-state index contributed by atoms with van der Waals surface area (Å²) >= 11 is 0. The van der Waals surface area contributed by atoms with E-state index in [2.05, 4.69) is 6.92 Å². The van der Waals surface area contributed by atoms with Crippen LogP contribution in [0.15, 0.2) is 0 Å². The van der Waals surface area contributed by atoms with Crippen LogP contribution in [0, 0.1) is 0 Å². The van der Waals surface area contributed by atoms with E-state index in [4.69, 9.17) is 0 Å². The predicted octanol–water partition coefficient (Wildman–Crippen LogP) is 1.57. The van der Waals surface area contributed by atoms with Crippen molar-refractivity contribution in [3.63, 3.8) is 0 Å². The van der Waals surface area contributed by atoms with Crippen molar-refractivity contribution in [1.82, 2.24) is 0 Å². The highest BCUT2D eigenvalue weighted by molar-refractivity contribution is 7.91. The molecule has 0 heterocycles. The van der Waals surface area contributed by atoms with E-state index < -0.39 is 9.84 Å². The Morgan fingerprint density at radius 2 is 1.77 bits per heavy atom. The van der Waals surface area contributed by atoms with E-state index in [9.17, 15) is 13.2 Å². The molecule has 0 aliphatic heterocycles. The molecule has 0 fully saturated rings. The number of sulfone groups is 1. The highest BCUT2D eigenvalue weighted by atomic mass is 32.2. The highest BCUT2D eigenvalue weighted by Gasteiger charge is 2.09. The summed E-state index contributed by atoms with van der Waals surface area (Å²) in [4.78, 5) is 11.0. The Morgan fingerprint density at radius 3 is 2.23 bits per heavy atom. The number of unbranched alkanes of at least 4 members (excludes halogenated alkanes) is 3. The van der Waals surface area contributed by atoms with E-state index >= 15 is 0 Å². The van der Waals surface area contributed by atoms with E-state index in [1.807, 2.05) is 0 Å². The number of hydrogen-bond acceptors (Lipinski definition) is 3. The monoisotopic (exact) mass is 206 g/mol. The summed E-state index contributed by atoms with van der Waals surface area (Å²) in [5.74, 6) is -0.447. The third-order valence-corrected chi connectivity index (χ3v) is 2.58. The highest BCUT2D eigenvalue weighted by Crippen LogP contribution is 2.03. The fourth-order valence-electron chi connectivity index (χ4n) is 1.11. The molecule has 0 aromatic carbocycles. The Bertz CT molecular complexity index is 242. The molecular formula is C9H18O3S. The van der Waals surface area contributed by atoms with Crippen LogP contribution in [-0.2, 0) is 14.6 Å². The van der Waals surface area contributed by atoms with Gasteiger partial charge in [-0.3, -0.25) is 4.79 Å². The van der Waals surface area contributed by atoms with Crippen molar-refractivity contribution in [3.8, 4) is 0 Å². The maximum atomic E-state index is 11.0. The molecule has 78 valence electrons. The summed E-state index contributed by atoms with van der Waals surface area (Å²) < 4.78 is 21.4. The van der Waals surface area contributed by atoms with Crippen molar-refractivity contribution in [2.75, 3.05) is 12.0 Å². The molecule has 13 heavy (non-hydrogen) atoms. The first-order valence-corrected chi connectivity index (χ1v) is 6.71. The predicted molar refractivity (Wildman–Crippen MR) is 53.5 cm³/mol. The van der Waals surface area contributed by atoms with Gasteiger partial charge in [0.25, 0.3) is 0 Å². The first-order valence-electron chi connectivity index (χ1n) is 4.65. The second-order valence-electron chi connectivity index (χ2n) is 3.42. The van der Waals surface area contributed by atoms with Gasteiger partial charge in [0, 0.05) is 12.7 Å². The van der Waals surface area contributed by atoms with Gasteiger partial charge in [0.15, 0.2) is 9.84 Å². The molecule has 0 amide bonds. The van der Waals surface area contributed by atoms with Gasteiger partial charge in [-0.1, -0.05) is 26.2 Å². The van der Waals surface area contributed by atoms with Gasteiger partial charge in [-0.05, 0) is 6.42 Å². The Labute approximate surface area is 80.4 Å². The second-order valence-corrected chi connectivity index (χ2v) is 5.56. The molecule has 0 aromatic rings. The topological polar surface area (TPSA) is 51.2 Å². The average Bonchev–Trinajstić information content (AvgIpc) is 1.94. The molecule has 0 spiro atoms. The molecule has 3 nitrogen and oxygen atoms in total. The zero-order chi connectivity index (χ0) is 10.3. The van der Waals surface area contributed by atoms with E-state index in [0.717, 1.165) is 31.9 Å². The third-order valence-electron chi connectivity index (χ3n) is 1.73. The van der Waals surface area contributed by atoms with Gasteiger partial charge in [-0.25, -0.2) is 8.42 Å². The van der Waals surface area contributed by atoms with Crippen LogP contribution in [0.25, 0.3) is 0 Å². The van der Waals surface area contributed by atoms with E-state index in [0.29, 0.717) is 6.42 Å². The van der Waals surface area contributed by atoms with Crippen LogP contribution in [0.3, 0.4) is 0 Å². The number of rotatable bonds is 7. The molecular weight excluding hydrogens is 188 g/mol. The maximum Gasteiger partial charge on any atom is 0.154 e. The number of Topliss-reactive ketones (excluding diaryl/α,β-unsaturated/α-hetero) is 1. The Hall–Kier alpha value is -0.380. The Morgan fingerprint density at radius 1 is 1.15 bits per heavy atom. The van der Waals surface area contributed by atoms with Crippen LogP contribution >= 0.6 is 0 Å². The van der Waals surface area contributed by atoms with Crippen LogP contribution < -0.4 is 0 Å². The lowest BCUT2D eigenvalue weighted by atomic mass is 10.1. The summed E-state index contributed by atoms with van der Waals surface area (Å²) in [6, 6.07) is 0. The van der Waals surface area contributed by atoms with Crippen LogP contribution in [-0.4, -0.2) is 26.2 Å². The normalized spacial score (nSPS) is 11.5. The first kappa shape index (κ1) is 12.6. The number of carbonyl (C=O) groups excluding carboxylic acids is 1. The first-order chi connectivity index (χ1) is 5.95. The smallest absolute Gasteiger partial charge is 0.154 e. The summed E-state index contributed by atoms with van der Waals surface area (Å²) in [5.41, 5.74) is 0. The number of hydrogen-bond donors (Lipinski definition) is 0. The minimum atomic E-state index is -3.12. The van der Waals surface area contributed by atoms with E-state index in [1.54, 1.807) is 0 Å². The van der Waals surface area contributed by atoms with Crippen LogP contribution in [0.5, 0.6) is 0 Å². The average molecular weight is 206 g/mol. The molecule has 0 bridgehead atoms. The zero-order valence-electron chi connectivity index (χ0n) is 8.38. The lowest BCUT2D eigenvalue weighted by Gasteiger charge is -1.98. The third kappa shape index (κ3) is 9.53. The molecule has 0 aliphatic rings. The van der Waals surface area contributed by atoms with Gasteiger partial charge >= 0.3 is 0 Å². The molecule has 0 rings (SSSR count). The van der Waals surface area contributed by atoms with Crippen LogP contribution in [0.1, 0.15) is 39.0 Å². The Kier molecular flexibility index (Phi) is 5.95. The molecule has 0 saturated carbocycles. The molecule has 0 aromatic heterocycles. The van der Waals surface area contributed by atoms with E-state index in [1.165, 1.54) is 0 Å². The summed E-state index contributed by atoms with van der Waals surface area (Å²) in [7, 11) is -3.12. The van der Waals surface area contributed by atoms with Gasteiger partial charge in [-0.15, -0.1) is 0 Å². The molecule has 4 heteroatoms. The van der Waals surface area contributed by atoms with Crippen molar-refractivity contribution < 1.29 is 13.2 Å². The second kappa shape index (κ2) is 6.13.